The fourth-order valence-electron chi connectivity index (χ4n) is 1.52. The van der Waals surface area contributed by atoms with Crippen molar-refractivity contribution in [3.8, 4) is 0 Å². The van der Waals surface area contributed by atoms with Gasteiger partial charge in [-0.15, -0.1) is 0 Å². The van der Waals surface area contributed by atoms with E-state index < -0.39 is 0 Å². The zero-order valence-electron chi connectivity index (χ0n) is 8.58. The van der Waals surface area contributed by atoms with Gasteiger partial charge in [0.05, 0.1) is 6.54 Å². The van der Waals surface area contributed by atoms with E-state index in [0.717, 1.165) is 12.4 Å². The first kappa shape index (κ1) is 9.80. The molecule has 0 aliphatic heterocycles. The van der Waals surface area contributed by atoms with Crippen LogP contribution in [0.5, 0.6) is 0 Å². The molecule has 0 unspecified atom stereocenters. The lowest BCUT2D eigenvalue weighted by Gasteiger charge is -2.10. The molecule has 1 aromatic rings. The molecule has 2 rings (SSSR count). The molecule has 1 fully saturated rings. The van der Waals surface area contributed by atoms with Gasteiger partial charge in [-0.1, -0.05) is 12.2 Å². The van der Waals surface area contributed by atoms with Gasteiger partial charge in [-0.2, -0.15) is 0 Å². The number of aromatic nitrogens is 2. The van der Waals surface area contributed by atoms with E-state index in [4.69, 9.17) is 12.2 Å². The second kappa shape index (κ2) is 3.79. The second-order valence-corrected chi connectivity index (χ2v) is 4.55. The van der Waals surface area contributed by atoms with Gasteiger partial charge in [-0.25, -0.2) is 4.98 Å². The van der Waals surface area contributed by atoms with Crippen LogP contribution in [0.1, 0.15) is 30.3 Å². The molecule has 0 aromatic carbocycles. The molecule has 3 nitrogen and oxygen atoms in total. The number of rotatable bonds is 3. The number of nitrogens with zero attached hydrogens (tertiary/aromatic N) is 2. The molecule has 0 amide bonds. The van der Waals surface area contributed by atoms with Crippen molar-refractivity contribution < 1.29 is 0 Å². The summed E-state index contributed by atoms with van der Waals surface area (Å²) in [5.41, 5.74) is 1.27. The van der Waals surface area contributed by atoms with Gasteiger partial charge >= 0.3 is 0 Å². The fourth-order valence-corrected chi connectivity index (χ4v) is 1.75. The normalized spacial score (nSPS) is 16.2. The molecule has 1 aliphatic carbocycles. The summed E-state index contributed by atoms with van der Waals surface area (Å²) in [7, 11) is 4.06. The molecule has 1 aromatic heterocycles. The van der Waals surface area contributed by atoms with Crippen LogP contribution in [-0.4, -0.2) is 29.0 Å². The Morgan fingerprint density at radius 1 is 1.57 bits per heavy atom. The topological polar surface area (TPSA) is 31.9 Å². The summed E-state index contributed by atoms with van der Waals surface area (Å²) in [5, 5.41) is 0. The van der Waals surface area contributed by atoms with E-state index in [1.807, 2.05) is 20.2 Å². The van der Waals surface area contributed by atoms with E-state index in [1.54, 1.807) is 0 Å². The van der Waals surface area contributed by atoms with Gasteiger partial charge in [0, 0.05) is 5.69 Å². The van der Waals surface area contributed by atoms with E-state index in [2.05, 4.69) is 14.9 Å². The maximum absolute atomic E-state index is 5.14. The lowest BCUT2D eigenvalue weighted by molar-refractivity contribution is 0.389. The Hall–Kier alpha value is -0.740. The molecular weight excluding hydrogens is 194 g/mol. The monoisotopic (exact) mass is 209 g/mol. The lowest BCUT2D eigenvalue weighted by atomic mass is 10.3. The van der Waals surface area contributed by atoms with Crippen molar-refractivity contribution in [3.63, 3.8) is 0 Å². The van der Waals surface area contributed by atoms with Crippen molar-refractivity contribution in [2.45, 2.75) is 25.3 Å². The molecule has 1 heterocycles. The van der Waals surface area contributed by atoms with Crippen molar-refractivity contribution in [2.24, 2.45) is 0 Å². The molecule has 0 radical (unpaired) electrons. The molecule has 0 spiro atoms. The molecular formula is C10H15N3S. The van der Waals surface area contributed by atoms with Gasteiger partial charge in [0.15, 0.2) is 0 Å². The first-order valence-electron chi connectivity index (χ1n) is 4.90. The number of hydrogen-bond donors (Lipinski definition) is 1. The van der Waals surface area contributed by atoms with Crippen LogP contribution in [-0.2, 0) is 6.54 Å². The average molecular weight is 209 g/mol. The van der Waals surface area contributed by atoms with Crippen LogP contribution in [0.25, 0.3) is 0 Å². The van der Waals surface area contributed by atoms with Crippen LogP contribution in [0.2, 0.25) is 0 Å². The highest BCUT2D eigenvalue weighted by molar-refractivity contribution is 7.71. The molecule has 0 bridgehead atoms. The first-order valence-corrected chi connectivity index (χ1v) is 5.31. The second-order valence-electron chi connectivity index (χ2n) is 4.13. The molecule has 4 heteroatoms. The summed E-state index contributed by atoms with van der Waals surface area (Å²) in [4.78, 5) is 9.75. The van der Waals surface area contributed by atoms with Gasteiger partial charge in [-0.3, -0.25) is 0 Å². The van der Waals surface area contributed by atoms with Gasteiger partial charge in [0.2, 0.25) is 0 Å². The maximum Gasteiger partial charge on any atom is 0.130 e. The smallest absolute Gasteiger partial charge is 0.130 e. The molecule has 0 atom stereocenters. The van der Waals surface area contributed by atoms with E-state index in [0.29, 0.717) is 10.6 Å². The molecule has 14 heavy (non-hydrogen) atoms. The minimum Gasteiger partial charge on any atom is -0.346 e. The third-order valence-corrected chi connectivity index (χ3v) is 2.51. The fraction of sp³-hybridized carbons (Fsp3) is 0.600. The third kappa shape index (κ3) is 2.39. The van der Waals surface area contributed by atoms with E-state index in [-0.39, 0.29) is 0 Å². The van der Waals surface area contributed by atoms with Gasteiger partial charge in [0.25, 0.3) is 0 Å². The molecule has 1 aliphatic rings. The van der Waals surface area contributed by atoms with Gasteiger partial charge < -0.3 is 9.88 Å². The number of hydrogen-bond acceptors (Lipinski definition) is 3. The molecule has 1 N–H and O–H groups in total. The summed E-state index contributed by atoms with van der Waals surface area (Å²) in [5.74, 6) is 1.69. The Labute approximate surface area is 89.2 Å². The Balaban J connectivity index is 2.26. The van der Waals surface area contributed by atoms with Gasteiger partial charge in [0.1, 0.15) is 10.5 Å². The Kier molecular flexibility index (Phi) is 2.65. The Morgan fingerprint density at radius 2 is 2.29 bits per heavy atom. The van der Waals surface area contributed by atoms with Crippen molar-refractivity contribution in [1.29, 1.82) is 0 Å². The van der Waals surface area contributed by atoms with E-state index in [9.17, 15) is 0 Å². The summed E-state index contributed by atoms with van der Waals surface area (Å²) < 4.78 is 0.711. The highest BCUT2D eigenvalue weighted by Crippen LogP contribution is 2.38. The van der Waals surface area contributed by atoms with Crippen LogP contribution in [0.3, 0.4) is 0 Å². The zero-order chi connectivity index (χ0) is 10.1. The van der Waals surface area contributed by atoms with Crippen molar-refractivity contribution in [2.75, 3.05) is 14.1 Å². The molecule has 76 valence electrons. The van der Waals surface area contributed by atoms with Crippen LogP contribution in [0, 0.1) is 4.64 Å². The summed E-state index contributed by atoms with van der Waals surface area (Å²) >= 11 is 5.14. The highest BCUT2D eigenvalue weighted by atomic mass is 32.1. The van der Waals surface area contributed by atoms with Crippen molar-refractivity contribution >= 4 is 12.2 Å². The minimum atomic E-state index is 0.709. The molecule has 0 saturated heterocycles. The Morgan fingerprint density at radius 3 is 2.86 bits per heavy atom. The third-order valence-electron chi connectivity index (χ3n) is 2.30. The van der Waals surface area contributed by atoms with Crippen molar-refractivity contribution in [1.82, 2.24) is 14.9 Å². The van der Waals surface area contributed by atoms with Crippen LogP contribution in [0.15, 0.2) is 6.07 Å². The summed E-state index contributed by atoms with van der Waals surface area (Å²) in [6.07, 6.45) is 2.58. The predicted octanol–water partition coefficient (Wildman–Crippen LogP) is 2.08. The van der Waals surface area contributed by atoms with Crippen LogP contribution >= 0.6 is 12.2 Å². The number of nitrogens with one attached hydrogen (secondary N) is 1. The standard InChI is InChI=1S/C10H15N3S/c1-13(2)6-9-11-8(7-3-4-7)5-10(14)12-9/h5,7H,3-4,6H2,1-2H3,(H,11,12,14). The van der Waals surface area contributed by atoms with Gasteiger partial charge in [-0.05, 0) is 38.9 Å². The predicted molar refractivity (Wildman–Crippen MR) is 58.8 cm³/mol. The SMILES string of the molecule is CN(C)Cc1nc(=S)cc(C2CC2)[nH]1. The van der Waals surface area contributed by atoms with E-state index in [1.165, 1.54) is 18.5 Å². The van der Waals surface area contributed by atoms with Crippen LogP contribution < -0.4 is 0 Å². The lowest BCUT2D eigenvalue weighted by Crippen LogP contribution is -2.14. The highest BCUT2D eigenvalue weighted by Gasteiger charge is 2.24. The number of H-pyrrole nitrogens is 1. The van der Waals surface area contributed by atoms with E-state index >= 15 is 0 Å². The first-order chi connectivity index (χ1) is 6.65. The quantitative estimate of drug-likeness (QED) is 0.773. The maximum atomic E-state index is 5.14. The summed E-state index contributed by atoms with van der Waals surface area (Å²) in [6.45, 7) is 0.824. The zero-order valence-corrected chi connectivity index (χ0v) is 9.40. The van der Waals surface area contributed by atoms with Crippen molar-refractivity contribution in [3.05, 3.63) is 22.2 Å². The largest absolute Gasteiger partial charge is 0.346 e. The molecule has 1 saturated carbocycles. The van der Waals surface area contributed by atoms with Crippen LogP contribution in [0.4, 0.5) is 0 Å². The Bertz CT molecular complexity index is 379. The minimum absolute atomic E-state index is 0.709. The average Bonchev–Trinajstić information content (AvgIpc) is 2.82. The summed E-state index contributed by atoms with van der Waals surface area (Å²) in [6, 6.07) is 1.99. The number of aromatic amines is 1.